The molecule has 52 valence electrons. The molecule has 0 N–H and O–H groups in total. The van der Waals surface area contributed by atoms with Gasteiger partial charge in [-0.1, -0.05) is 26.7 Å². The van der Waals surface area contributed by atoms with Crippen molar-refractivity contribution in [2.24, 2.45) is 17.3 Å². The quantitative estimate of drug-likeness (QED) is 0.466. The zero-order valence-corrected chi connectivity index (χ0v) is 6.48. The lowest BCUT2D eigenvalue weighted by Gasteiger charge is -2.15. The highest BCUT2D eigenvalue weighted by Gasteiger charge is 2.57. The molecule has 0 nitrogen and oxygen atoms in total. The van der Waals surface area contributed by atoms with E-state index in [1.54, 1.807) is 0 Å². The van der Waals surface area contributed by atoms with Gasteiger partial charge in [0.15, 0.2) is 0 Å². The van der Waals surface area contributed by atoms with Gasteiger partial charge in [0.2, 0.25) is 0 Å². The van der Waals surface area contributed by atoms with Crippen LogP contribution < -0.4 is 0 Å². The third-order valence-electron chi connectivity index (χ3n) is 3.86. The Labute approximate surface area is 57.6 Å². The molecule has 9 heavy (non-hydrogen) atoms. The molecule has 0 aromatic heterocycles. The minimum Gasteiger partial charge on any atom is -0.0617 e. The van der Waals surface area contributed by atoms with Crippen molar-refractivity contribution in [3.8, 4) is 0 Å². The second kappa shape index (κ2) is 1.53. The monoisotopic (exact) mass is 124 g/mol. The van der Waals surface area contributed by atoms with Gasteiger partial charge in [0.05, 0.1) is 0 Å². The van der Waals surface area contributed by atoms with E-state index in [-0.39, 0.29) is 0 Å². The van der Waals surface area contributed by atoms with Crippen LogP contribution in [0.1, 0.15) is 39.5 Å². The zero-order chi connectivity index (χ0) is 6.48. The Bertz CT molecular complexity index is 128. The molecule has 0 aromatic rings. The van der Waals surface area contributed by atoms with Crippen LogP contribution in [0.4, 0.5) is 0 Å². The summed E-state index contributed by atoms with van der Waals surface area (Å²) in [5.41, 5.74) is 0.804. The minimum atomic E-state index is 0.804. The van der Waals surface area contributed by atoms with E-state index in [0.717, 1.165) is 17.3 Å². The van der Waals surface area contributed by atoms with Crippen LogP contribution in [0.15, 0.2) is 0 Å². The molecule has 0 heterocycles. The predicted molar refractivity (Wildman–Crippen MR) is 39.2 cm³/mol. The minimum absolute atomic E-state index is 0.804. The molecular formula is C9H16. The molecule has 0 bridgehead atoms. The molecule has 0 amide bonds. The van der Waals surface area contributed by atoms with E-state index >= 15 is 0 Å². The Kier molecular flexibility index (Phi) is 0.980. The van der Waals surface area contributed by atoms with Crippen molar-refractivity contribution in [3.05, 3.63) is 0 Å². The Hall–Kier alpha value is 0. The Morgan fingerprint density at radius 1 is 1.33 bits per heavy atom. The van der Waals surface area contributed by atoms with Crippen molar-refractivity contribution >= 4 is 0 Å². The number of hydrogen-bond donors (Lipinski definition) is 0. The fourth-order valence-electron chi connectivity index (χ4n) is 2.77. The van der Waals surface area contributed by atoms with Crippen molar-refractivity contribution < 1.29 is 0 Å². The van der Waals surface area contributed by atoms with Gasteiger partial charge in [-0.05, 0) is 30.1 Å². The maximum Gasteiger partial charge on any atom is -0.0266 e. The molecule has 3 unspecified atom stereocenters. The number of fused-ring (bicyclic) bond motifs is 1. The Morgan fingerprint density at radius 2 is 2.11 bits per heavy atom. The first-order chi connectivity index (χ1) is 4.25. The highest BCUT2D eigenvalue weighted by atomic mass is 14.6. The summed E-state index contributed by atoms with van der Waals surface area (Å²) in [4.78, 5) is 0. The van der Waals surface area contributed by atoms with Crippen LogP contribution in [0.3, 0.4) is 0 Å². The van der Waals surface area contributed by atoms with Crippen LogP contribution in [-0.2, 0) is 0 Å². The van der Waals surface area contributed by atoms with Gasteiger partial charge >= 0.3 is 0 Å². The molecule has 0 saturated heterocycles. The van der Waals surface area contributed by atoms with Gasteiger partial charge in [-0.15, -0.1) is 0 Å². The summed E-state index contributed by atoms with van der Waals surface area (Å²) in [5.74, 6) is 2.17. The number of rotatable bonds is 0. The normalized spacial score (nSPS) is 56.7. The molecule has 0 aliphatic heterocycles. The van der Waals surface area contributed by atoms with Crippen LogP contribution in [0.25, 0.3) is 0 Å². The van der Waals surface area contributed by atoms with Gasteiger partial charge < -0.3 is 0 Å². The van der Waals surface area contributed by atoms with Crippen molar-refractivity contribution in [3.63, 3.8) is 0 Å². The maximum atomic E-state index is 2.47. The second-order valence-corrected chi connectivity index (χ2v) is 4.15. The highest BCUT2D eigenvalue weighted by molar-refractivity contribution is 5.06. The van der Waals surface area contributed by atoms with Crippen molar-refractivity contribution in [1.29, 1.82) is 0 Å². The lowest BCUT2D eigenvalue weighted by Crippen LogP contribution is -2.03. The standard InChI is InChI=1S/C9H16/c1-7-8-5-3-4-6-9(7,8)2/h7-8H,3-6H2,1-2H3. The summed E-state index contributed by atoms with van der Waals surface area (Å²) in [5, 5.41) is 0. The first kappa shape index (κ1) is 5.76. The van der Waals surface area contributed by atoms with Crippen molar-refractivity contribution in [2.75, 3.05) is 0 Å². The van der Waals surface area contributed by atoms with E-state index < -0.39 is 0 Å². The molecule has 2 aliphatic carbocycles. The third-order valence-corrected chi connectivity index (χ3v) is 3.86. The fraction of sp³-hybridized carbons (Fsp3) is 1.00. The molecule has 3 atom stereocenters. The molecule has 2 saturated carbocycles. The fourth-order valence-corrected chi connectivity index (χ4v) is 2.77. The molecule has 0 spiro atoms. The molecule has 2 aliphatic rings. The smallest absolute Gasteiger partial charge is 0.0266 e. The SMILES string of the molecule is CC1C2CCCCC12C. The van der Waals surface area contributed by atoms with Gasteiger partial charge in [-0.25, -0.2) is 0 Å². The summed E-state index contributed by atoms with van der Waals surface area (Å²) < 4.78 is 0. The lowest BCUT2D eigenvalue weighted by molar-refractivity contribution is 0.361. The summed E-state index contributed by atoms with van der Waals surface area (Å²) in [7, 11) is 0. The lowest BCUT2D eigenvalue weighted by atomic mass is 9.90. The second-order valence-electron chi connectivity index (χ2n) is 4.15. The van der Waals surface area contributed by atoms with Crippen LogP contribution in [0, 0.1) is 17.3 Å². The topological polar surface area (TPSA) is 0 Å². The zero-order valence-electron chi connectivity index (χ0n) is 6.48. The molecule has 2 rings (SSSR count). The Balaban J connectivity index is 2.10. The van der Waals surface area contributed by atoms with Crippen LogP contribution in [0.2, 0.25) is 0 Å². The van der Waals surface area contributed by atoms with E-state index in [1.807, 2.05) is 0 Å². The molecular weight excluding hydrogens is 108 g/mol. The van der Waals surface area contributed by atoms with Crippen molar-refractivity contribution in [1.82, 2.24) is 0 Å². The third kappa shape index (κ3) is 0.595. The van der Waals surface area contributed by atoms with Gasteiger partial charge in [-0.2, -0.15) is 0 Å². The van der Waals surface area contributed by atoms with E-state index in [2.05, 4.69) is 13.8 Å². The summed E-state index contributed by atoms with van der Waals surface area (Å²) >= 11 is 0. The first-order valence-electron chi connectivity index (χ1n) is 4.25. The first-order valence-corrected chi connectivity index (χ1v) is 4.25. The molecule has 0 aromatic carbocycles. The molecule has 2 fully saturated rings. The van der Waals surface area contributed by atoms with Gasteiger partial charge in [-0.3, -0.25) is 0 Å². The van der Waals surface area contributed by atoms with Gasteiger partial charge in [0.25, 0.3) is 0 Å². The van der Waals surface area contributed by atoms with E-state index in [1.165, 1.54) is 25.7 Å². The molecule has 0 radical (unpaired) electrons. The molecule has 0 heteroatoms. The predicted octanol–water partition coefficient (Wildman–Crippen LogP) is 2.83. The largest absolute Gasteiger partial charge is 0.0617 e. The van der Waals surface area contributed by atoms with Gasteiger partial charge in [0.1, 0.15) is 0 Å². The Morgan fingerprint density at radius 3 is 2.56 bits per heavy atom. The average Bonchev–Trinajstić information content (AvgIpc) is 2.38. The van der Waals surface area contributed by atoms with Gasteiger partial charge in [0, 0.05) is 0 Å². The summed E-state index contributed by atoms with van der Waals surface area (Å²) in [6.07, 6.45) is 6.04. The maximum absolute atomic E-state index is 2.47. The van der Waals surface area contributed by atoms with E-state index in [4.69, 9.17) is 0 Å². The van der Waals surface area contributed by atoms with Crippen LogP contribution >= 0.6 is 0 Å². The van der Waals surface area contributed by atoms with E-state index in [0.29, 0.717) is 0 Å². The van der Waals surface area contributed by atoms with Crippen LogP contribution in [0.5, 0.6) is 0 Å². The summed E-state index contributed by atoms with van der Waals surface area (Å²) in [6, 6.07) is 0. The average molecular weight is 124 g/mol. The highest BCUT2D eigenvalue weighted by Crippen LogP contribution is 2.65. The van der Waals surface area contributed by atoms with E-state index in [9.17, 15) is 0 Å². The van der Waals surface area contributed by atoms with Crippen LogP contribution in [-0.4, -0.2) is 0 Å². The van der Waals surface area contributed by atoms with Crippen molar-refractivity contribution in [2.45, 2.75) is 39.5 Å². The number of hydrogen-bond acceptors (Lipinski definition) is 0. The summed E-state index contributed by atoms with van der Waals surface area (Å²) in [6.45, 7) is 4.90.